The summed E-state index contributed by atoms with van der Waals surface area (Å²) < 4.78 is 0. The molecule has 0 aliphatic heterocycles. The molecule has 1 aromatic heterocycles. The summed E-state index contributed by atoms with van der Waals surface area (Å²) in [6, 6.07) is 5.85. The second kappa shape index (κ2) is 4.82. The van der Waals surface area contributed by atoms with E-state index in [1.54, 1.807) is 6.92 Å². The van der Waals surface area contributed by atoms with Crippen LogP contribution in [-0.2, 0) is 0 Å². The van der Waals surface area contributed by atoms with E-state index in [-0.39, 0.29) is 6.10 Å². The molecule has 0 radical (unpaired) electrons. The summed E-state index contributed by atoms with van der Waals surface area (Å²) in [4.78, 5) is 4.28. The molecule has 1 atom stereocenters. The van der Waals surface area contributed by atoms with Crippen molar-refractivity contribution in [2.45, 2.75) is 26.4 Å². The summed E-state index contributed by atoms with van der Waals surface area (Å²) in [7, 11) is 0. The van der Waals surface area contributed by atoms with Crippen molar-refractivity contribution in [1.82, 2.24) is 4.98 Å². The number of aromatic nitrogens is 1. The van der Waals surface area contributed by atoms with Crippen LogP contribution < -0.4 is 5.32 Å². The molecule has 0 spiro atoms. The van der Waals surface area contributed by atoms with E-state index in [0.717, 1.165) is 24.5 Å². The van der Waals surface area contributed by atoms with Crippen molar-refractivity contribution in [3.05, 3.63) is 23.9 Å². The molecule has 1 heterocycles. The molecule has 3 heteroatoms. The lowest BCUT2D eigenvalue weighted by molar-refractivity contribution is 0.188. The van der Waals surface area contributed by atoms with Gasteiger partial charge in [0.05, 0.1) is 6.10 Å². The number of aliphatic hydroxyl groups excluding tert-OH is 1. The van der Waals surface area contributed by atoms with Gasteiger partial charge in [-0.2, -0.15) is 0 Å². The molecule has 0 aliphatic rings. The van der Waals surface area contributed by atoms with E-state index >= 15 is 0 Å². The maximum Gasteiger partial charge on any atom is 0.126 e. The lowest BCUT2D eigenvalue weighted by Crippen LogP contribution is -2.10. The van der Waals surface area contributed by atoms with E-state index in [9.17, 15) is 0 Å². The van der Waals surface area contributed by atoms with Gasteiger partial charge in [-0.1, -0.05) is 6.07 Å². The van der Waals surface area contributed by atoms with Crippen molar-refractivity contribution in [3.63, 3.8) is 0 Å². The number of hydrogen-bond acceptors (Lipinski definition) is 3. The highest BCUT2D eigenvalue weighted by Crippen LogP contribution is 2.03. The summed E-state index contributed by atoms with van der Waals surface area (Å²) in [5.41, 5.74) is 1.00. The Bertz CT molecular complexity index is 261. The largest absolute Gasteiger partial charge is 0.393 e. The van der Waals surface area contributed by atoms with E-state index in [4.69, 9.17) is 5.11 Å². The van der Waals surface area contributed by atoms with Gasteiger partial charge in [-0.3, -0.25) is 0 Å². The third-order valence-electron chi connectivity index (χ3n) is 1.76. The van der Waals surface area contributed by atoms with Crippen molar-refractivity contribution in [3.8, 4) is 0 Å². The molecule has 0 aromatic carbocycles. The number of aryl methyl sites for hydroxylation is 1. The number of aliphatic hydroxyl groups is 1. The molecule has 2 N–H and O–H groups in total. The molecular formula is C10H16N2O. The molecule has 1 unspecified atom stereocenters. The maximum absolute atomic E-state index is 9.02. The van der Waals surface area contributed by atoms with Gasteiger partial charge in [-0.05, 0) is 32.4 Å². The van der Waals surface area contributed by atoms with Crippen LogP contribution in [0.2, 0.25) is 0 Å². The van der Waals surface area contributed by atoms with Gasteiger partial charge in [0.15, 0.2) is 0 Å². The Hall–Kier alpha value is -1.09. The molecule has 1 aromatic rings. The molecule has 3 nitrogen and oxygen atoms in total. The number of nitrogens with zero attached hydrogens (tertiary/aromatic N) is 1. The minimum atomic E-state index is -0.252. The molecule has 1 rings (SSSR count). The van der Waals surface area contributed by atoms with Crippen molar-refractivity contribution in [2.24, 2.45) is 0 Å². The normalized spacial score (nSPS) is 12.5. The quantitative estimate of drug-likeness (QED) is 0.739. The zero-order valence-corrected chi connectivity index (χ0v) is 8.12. The Kier molecular flexibility index (Phi) is 3.71. The monoisotopic (exact) mass is 180 g/mol. The number of hydrogen-bond donors (Lipinski definition) is 2. The zero-order valence-electron chi connectivity index (χ0n) is 8.12. The Balaban J connectivity index is 2.37. The molecular weight excluding hydrogens is 164 g/mol. The van der Waals surface area contributed by atoms with Crippen LogP contribution >= 0.6 is 0 Å². The average Bonchev–Trinajstić information content (AvgIpc) is 2.03. The van der Waals surface area contributed by atoms with Gasteiger partial charge >= 0.3 is 0 Å². The second-order valence-electron chi connectivity index (χ2n) is 3.23. The SMILES string of the molecule is Cc1cccc(NCCC(C)O)n1. The third-order valence-corrected chi connectivity index (χ3v) is 1.76. The predicted octanol–water partition coefficient (Wildman–Crippen LogP) is 1.57. The lowest BCUT2D eigenvalue weighted by atomic mass is 10.3. The first kappa shape index (κ1) is 9.99. The first-order valence-electron chi connectivity index (χ1n) is 4.54. The van der Waals surface area contributed by atoms with Crippen LogP contribution in [0.3, 0.4) is 0 Å². The van der Waals surface area contributed by atoms with Crippen molar-refractivity contribution >= 4 is 5.82 Å². The highest BCUT2D eigenvalue weighted by atomic mass is 16.3. The fraction of sp³-hybridized carbons (Fsp3) is 0.500. The lowest BCUT2D eigenvalue weighted by Gasteiger charge is -2.07. The minimum absolute atomic E-state index is 0.252. The van der Waals surface area contributed by atoms with Crippen LogP contribution in [0, 0.1) is 6.92 Å². The van der Waals surface area contributed by atoms with Gasteiger partial charge < -0.3 is 10.4 Å². The van der Waals surface area contributed by atoms with Crippen molar-refractivity contribution < 1.29 is 5.11 Å². The molecule has 72 valence electrons. The highest BCUT2D eigenvalue weighted by Gasteiger charge is 1.96. The summed E-state index contributed by atoms with van der Waals surface area (Å²) >= 11 is 0. The fourth-order valence-electron chi connectivity index (χ4n) is 1.05. The van der Waals surface area contributed by atoms with E-state index in [1.807, 2.05) is 25.1 Å². The van der Waals surface area contributed by atoms with Crippen LogP contribution in [0.4, 0.5) is 5.82 Å². The van der Waals surface area contributed by atoms with Gasteiger partial charge in [-0.25, -0.2) is 4.98 Å². The van der Waals surface area contributed by atoms with Gasteiger partial charge in [0, 0.05) is 12.2 Å². The van der Waals surface area contributed by atoms with Crippen LogP contribution in [0.25, 0.3) is 0 Å². The predicted molar refractivity (Wildman–Crippen MR) is 53.8 cm³/mol. The molecule has 0 fully saturated rings. The smallest absolute Gasteiger partial charge is 0.126 e. The summed E-state index contributed by atoms with van der Waals surface area (Å²) in [6.07, 6.45) is 0.493. The molecule has 0 saturated heterocycles. The third kappa shape index (κ3) is 3.90. The molecule has 0 bridgehead atoms. The molecule has 0 saturated carbocycles. The summed E-state index contributed by atoms with van der Waals surface area (Å²) in [5, 5.41) is 12.2. The van der Waals surface area contributed by atoms with Crippen molar-refractivity contribution in [2.75, 3.05) is 11.9 Å². The Labute approximate surface area is 78.8 Å². The first-order valence-corrected chi connectivity index (χ1v) is 4.54. The number of pyridine rings is 1. The van der Waals surface area contributed by atoms with Gasteiger partial charge in [0.1, 0.15) is 5.82 Å². The first-order chi connectivity index (χ1) is 6.18. The average molecular weight is 180 g/mol. The van der Waals surface area contributed by atoms with Crippen LogP contribution in [0.15, 0.2) is 18.2 Å². The van der Waals surface area contributed by atoms with Gasteiger partial charge in [0.25, 0.3) is 0 Å². The Morgan fingerprint density at radius 3 is 2.92 bits per heavy atom. The second-order valence-corrected chi connectivity index (χ2v) is 3.23. The van der Waals surface area contributed by atoms with E-state index < -0.39 is 0 Å². The number of rotatable bonds is 4. The zero-order chi connectivity index (χ0) is 9.68. The molecule has 13 heavy (non-hydrogen) atoms. The topological polar surface area (TPSA) is 45.1 Å². The Morgan fingerprint density at radius 1 is 1.54 bits per heavy atom. The molecule has 0 amide bonds. The summed E-state index contributed by atoms with van der Waals surface area (Å²) in [6.45, 7) is 4.50. The van der Waals surface area contributed by atoms with Crippen LogP contribution in [0.5, 0.6) is 0 Å². The minimum Gasteiger partial charge on any atom is -0.393 e. The Morgan fingerprint density at radius 2 is 2.31 bits per heavy atom. The van der Waals surface area contributed by atoms with Crippen molar-refractivity contribution in [1.29, 1.82) is 0 Å². The van der Waals surface area contributed by atoms with Crippen LogP contribution in [0.1, 0.15) is 19.0 Å². The van der Waals surface area contributed by atoms with E-state index in [1.165, 1.54) is 0 Å². The fourth-order valence-corrected chi connectivity index (χ4v) is 1.05. The van der Waals surface area contributed by atoms with Crippen LogP contribution in [-0.4, -0.2) is 22.7 Å². The van der Waals surface area contributed by atoms with Gasteiger partial charge in [-0.15, -0.1) is 0 Å². The standard InChI is InChI=1S/C10H16N2O/c1-8-4-3-5-10(12-8)11-7-6-9(2)13/h3-5,9,13H,6-7H2,1-2H3,(H,11,12). The number of nitrogens with one attached hydrogen (secondary N) is 1. The maximum atomic E-state index is 9.02. The van der Waals surface area contributed by atoms with E-state index in [2.05, 4.69) is 10.3 Å². The van der Waals surface area contributed by atoms with Gasteiger partial charge in [0.2, 0.25) is 0 Å². The number of anilines is 1. The highest BCUT2D eigenvalue weighted by molar-refractivity contribution is 5.34. The molecule has 0 aliphatic carbocycles. The summed E-state index contributed by atoms with van der Waals surface area (Å²) in [5.74, 6) is 0.876. The van der Waals surface area contributed by atoms with E-state index in [0.29, 0.717) is 0 Å².